The molecule has 0 heterocycles. The molecular weight excluding hydrogens is 208 g/mol. The van der Waals surface area contributed by atoms with Crippen molar-refractivity contribution in [2.45, 2.75) is 25.7 Å². The van der Waals surface area contributed by atoms with Crippen molar-refractivity contribution in [2.24, 2.45) is 5.41 Å². The summed E-state index contributed by atoms with van der Waals surface area (Å²) in [6.45, 7) is 6.64. The van der Waals surface area contributed by atoms with Gasteiger partial charge >= 0.3 is 0 Å². The smallest absolute Gasteiger partial charge is 0.00747 e. The predicted molar refractivity (Wildman–Crippen MR) is 69.5 cm³/mol. The Labute approximate surface area is 96.9 Å². The van der Waals surface area contributed by atoms with Gasteiger partial charge in [0, 0.05) is 10.6 Å². The minimum absolute atomic E-state index is 0.317. The van der Waals surface area contributed by atoms with Crippen LogP contribution in [0.4, 0.5) is 0 Å². The van der Waals surface area contributed by atoms with E-state index in [1.807, 2.05) is 11.8 Å². The van der Waals surface area contributed by atoms with E-state index in [-0.39, 0.29) is 0 Å². The Bertz CT molecular complexity index is 292. The maximum atomic E-state index is 4.35. The lowest BCUT2D eigenvalue weighted by Gasteiger charge is -2.21. The van der Waals surface area contributed by atoms with Gasteiger partial charge in [-0.2, -0.15) is 12.6 Å². The zero-order valence-electron chi connectivity index (χ0n) is 9.08. The summed E-state index contributed by atoms with van der Waals surface area (Å²) in [5, 5.41) is 0. The first-order chi connectivity index (χ1) is 6.53. The van der Waals surface area contributed by atoms with E-state index in [1.54, 1.807) is 0 Å². The average molecular weight is 226 g/mol. The van der Waals surface area contributed by atoms with E-state index in [0.29, 0.717) is 5.41 Å². The molecule has 0 N–H and O–H groups in total. The van der Waals surface area contributed by atoms with Gasteiger partial charge in [0.1, 0.15) is 0 Å². The second-order valence-corrected chi connectivity index (χ2v) is 5.79. The van der Waals surface area contributed by atoms with E-state index < -0.39 is 0 Å². The van der Waals surface area contributed by atoms with Crippen molar-refractivity contribution in [2.75, 3.05) is 11.5 Å². The number of thiol groups is 1. The molecule has 1 aromatic carbocycles. The van der Waals surface area contributed by atoms with Gasteiger partial charge in [0.05, 0.1) is 0 Å². The molecule has 0 aliphatic carbocycles. The first kappa shape index (κ1) is 12.0. The Morgan fingerprint density at radius 2 is 2.07 bits per heavy atom. The molecule has 0 aromatic heterocycles. The summed E-state index contributed by atoms with van der Waals surface area (Å²) < 4.78 is 0. The molecule has 0 saturated heterocycles. The van der Waals surface area contributed by atoms with Crippen molar-refractivity contribution in [1.82, 2.24) is 0 Å². The highest BCUT2D eigenvalue weighted by Gasteiger charge is 2.15. The molecule has 0 amide bonds. The van der Waals surface area contributed by atoms with Crippen LogP contribution in [0.3, 0.4) is 0 Å². The first-order valence-corrected chi connectivity index (χ1v) is 6.46. The Kier molecular flexibility index (Phi) is 4.39. The Morgan fingerprint density at radius 3 is 2.64 bits per heavy atom. The molecule has 0 aliphatic rings. The third-order valence-corrected chi connectivity index (χ3v) is 4.42. The number of rotatable bonds is 4. The van der Waals surface area contributed by atoms with Crippen LogP contribution in [0.25, 0.3) is 0 Å². The van der Waals surface area contributed by atoms with Crippen LogP contribution in [-0.4, -0.2) is 11.5 Å². The zero-order valence-corrected chi connectivity index (χ0v) is 10.8. The number of thioether (sulfide) groups is 1. The van der Waals surface area contributed by atoms with Crippen LogP contribution in [0.2, 0.25) is 0 Å². The number of hydrogen-bond acceptors (Lipinski definition) is 2. The van der Waals surface area contributed by atoms with Gasteiger partial charge in [-0.15, -0.1) is 11.8 Å². The van der Waals surface area contributed by atoms with Crippen molar-refractivity contribution < 1.29 is 0 Å². The minimum atomic E-state index is 0.317. The Hall–Kier alpha value is -0.0800. The molecule has 0 atom stereocenters. The fraction of sp³-hybridized carbons (Fsp3) is 0.500. The van der Waals surface area contributed by atoms with E-state index in [1.165, 1.54) is 10.5 Å². The minimum Gasteiger partial charge on any atom is -0.179 e. The van der Waals surface area contributed by atoms with Gasteiger partial charge in [0.25, 0.3) is 0 Å². The van der Waals surface area contributed by atoms with Crippen LogP contribution in [0.5, 0.6) is 0 Å². The third kappa shape index (κ3) is 3.97. The maximum Gasteiger partial charge on any atom is 0.00747 e. The maximum absolute atomic E-state index is 4.35. The van der Waals surface area contributed by atoms with Gasteiger partial charge in [0.2, 0.25) is 0 Å². The van der Waals surface area contributed by atoms with Crippen molar-refractivity contribution in [3.63, 3.8) is 0 Å². The number of hydrogen-bond donors (Lipinski definition) is 1. The molecule has 1 aromatic rings. The second kappa shape index (κ2) is 5.13. The van der Waals surface area contributed by atoms with Crippen LogP contribution >= 0.6 is 24.4 Å². The van der Waals surface area contributed by atoms with Gasteiger partial charge in [-0.25, -0.2) is 0 Å². The van der Waals surface area contributed by atoms with E-state index in [2.05, 4.69) is 57.7 Å². The van der Waals surface area contributed by atoms with Crippen molar-refractivity contribution in [1.29, 1.82) is 0 Å². The topological polar surface area (TPSA) is 0 Å². The summed E-state index contributed by atoms with van der Waals surface area (Å²) >= 11 is 6.27. The normalized spacial score (nSPS) is 11.7. The highest BCUT2D eigenvalue weighted by atomic mass is 32.2. The Morgan fingerprint density at radius 1 is 1.36 bits per heavy atom. The molecule has 1 rings (SSSR count). The molecule has 14 heavy (non-hydrogen) atoms. The molecule has 0 nitrogen and oxygen atoms in total. The standard InChI is InChI=1S/C12H18S2/c1-10-5-4-6-11(7-10)14-9-12(2,3)8-13/h4-7,13H,8-9H2,1-3H3. The highest BCUT2D eigenvalue weighted by Crippen LogP contribution is 2.28. The van der Waals surface area contributed by atoms with E-state index in [9.17, 15) is 0 Å². The molecule has 0 radical (unpaired) electrons. The molecule has 0 fully saturated rings. The van der Waals surface area contributed by atoms with Gasteiger partial charge in [-0.3, -0.25) is 0 Å². The summed E-state index contributed by atoms with van der Waals surface area (Å²) in [6, 6.07) is 8.66. The molecule has 78 valence electrons. The summed E-state index contributed by atoms with van der Waals surface area (Å²) in [5.74, 6) is 2.06. The van der Waals surface area contributed by atoms with E-state index in [4.69, 9.17) is 0 Å². The molecule has 0 aliphatic heterocycles. The quantitative estimate of drug-likeness (QED) is 0.597. The van der Waals surface area contributed by atoms with Gasteiger partial charge in [0.15, 0.2) is 0 Å². The lowest BCUT2D eigenvalue weighted by atomic mass is 10.0. The average Bonchev–Trinajstić information content (AvgIpc) is 2.15. The van der Waals surface area contributed by atoms with Gasteiger partial charge < -0.3 is 0 Å². The van der Waals surface area contributed by atoms with Crippen LogP contribution < -0.4 is 0 Å². The highest BCUT2D eigenvalue weighted by molar-refractivity contribution is 7.99. The molecule has 0 saturated carbocycles. The lowest BCUT2D eigenvalue weighted by molar-refractivity contribution is 0.494. The van der Waals surface area contributed by atoms with Crippen LogP contribution in [0.1, 0.15) is 19.4 Å². The summed E-state index contributed by atoms with van der Waals surface area (Å²) in [4.78, 5) is 1.36. The fourth-order valence-electron chi connectivity index (χ4n) is 1.03. The van der Waals surface area contributed by atoms with Gasteiger partial charge in [-0.05, 0) is 30.2 Å². The molecule has 2 heteroatoms. The SMILES string of the molecule is Cc1cccc(SCC(C)(C)CS)c1. The summed E-state index contributed by atoms with van der Waals surface area (Å²) in [5.41, 5.74) is 1.65. The largest absolute Gasteiger partial charge is 0.179 e. The molecule has 0 bridgehead atoms. The Balaban J connectivity index is 2.54. The first-order valence-electron chi connectivity index (χ1n) is 4.84. The predicted octanol–water partition coefficient (Wildman–Crippen LogP) is 4.04. The van der Waals surface area contributed by atoms with Crippen molar-refractivity contribution in [3.8, 4) is 0 Å². The number of aryl methyl sites for hydroxylation is 1. The van der Waals surface area contributed by atoms with E-state index >= 15 is 0 Å². The lowest BCUT2D eigenvalue weighted by Crippen LogP contribution is -2.16. The van der Waals surface area contributed by atoms with Crippen molar-refractivity contribution in [3.05, 3.63) is 29.8 Å². The van der Waals surface area contributed by atoms with Crippen LogP contribution in [-0.2, 0) is 0 Å². The molecular formula is C12H18S2. The molecule has 0 spiro atoms. The monoisotopic (exact) mass is 226 g/mol. The van der Waals surface area contributed by atoms with Crippen molar-refractivity contribution >= 4 is 24.4 Å². The fourth-order valence-corrected chi connectivity index (χ4v) is 2.40. The van der Waals surface area contributed by atoms with E-state index in [0.717, 1.165) is 11.5 Å². The summed E-state index contributed by atoms with van der Waals surface area (Å²) in [7, 11) is 0. The number of benzene rings is 1. The van der Waals surface area contributed by atoms with Gasteiger partial charge in [-0.1, -0.05) is 31.5 Å². The zero-order chi connectivity index (χ0) is 10.6. The van der Waals surface area contributed by atoms with Crippen LogP contribution in [0, 0.1) is 12.3 Å². The van der Waals surface area contributed by atoms with Crippen LogP contribution in [0.15, 0.2) is 29.2 Å². The third-order valence-electron chi connectivity index (χ3n) is 2.05. The molecule has 0 unspecified atom stereocenters. The second-order valence-electron chi connectivity index (χ2n) is 4.43. The summed E-state index contributed by atoms with van der Waals surface area (Å²) in [6.07, 6.45) is 0.